The summed E-state index contributed by atoms with van der Waals surface area (Å²) in [5.41, 5.74) is 1.64. The number of carboxylic acid groups (broad SMARTS) is 2. The van der Waals surface area contributed by atoms with Gasteiger partial charge in [-0.05, 0) is 62.2 Å². The van der Waals surface area contributed by atoms with Gasteiger partial charge in [0.15, 0.2) is 11.5 Å². The highest BCUT2D eigenvalue weighted by atomic mass is 35.5. The van der Waals surface area contributed by atoms with Crippen molar-refractivity contribution >= 4 is 66.3 Å². The first kappa shape index (κ1) is 32.5. The van der Waals surface area contributed by atoms with E-state index >= 15 is 0 Å². The maximum Gasteiger partial charge on any atom is 0.349 e. The summed E-state index contributed by atoms with van der Waals surface area (Å²) in [4.78, 5) is 23.3. The van der Waals surface area contributed by atoms with Crippen molar-refractivity contribution in [1.29, 1.82) is 0 Å². The number of sulfonamides is 2. The number of nitrogens with one attached hydrogen (secondary N) is 2. The second kappa shape index (κ2) is 13.5. The first-order valence-electron chi connectivity index (χ1n) is 13.0. The zero-order valence-electron chi connectivity index (χ0n) is 22.9. The van der Waals surface area contributed by atoms with Gasteiger partial charge in [0.05, 0.1) is 17.1 Å². The fourth-order valence-electron chi connectivity index (χ4n) is 4.85. The Labute approximate surface area is 258 Å². The molecule has 1 aliphatic heterocycles. The standard InChI is InChI=1S/C27H30ClN3O9S3/c1-17-24(40-14-23(32)33)26(27(34)35)41-25(17)18-6-4-7-21(13-18)31(20-9-11-29-12-10-20)43(38,39)15-19-5-2-3-8-22(19)30-42(36,37)16-28/h2-8,13,20,29-30H,9-12,14-16H2,1H3,(H,32,33)(H,34,35). The van der Waals surface area contributed by atoms with Gasteiger partial charge in [-0.2, -0.15) is 0 Å². The van der Waals surface area contributed by atoms with Crippen LogP contribution in [0.3, 0.4) is 0 Å². The SMILES string of the molecule is Cc1c(-c2cccc(N(C3CCNCC3)S(=O)(=O)Cc3ccccc3NS(=O)(=O)CCl)c2)sc(C(=O)O)c1OCC(=O)O. The average Bonchev–Trinajstić information content (AvgIpc) is 3.29. The number of aliphatic carboxylic acids is 1. The number of thiophene rings is 1. The molecule has 0 atom stereocenters. The number of halogens is 1. The van der Waals surface area contributed by atoms with Crippen molar-refractivity contribution in [3.05, 3.63) is 64.5 Å². The van der Waals surface area contributed by atoms with Crippen LogP contribution in [0.15, 0.2) is 48.5 Å². The van der Waals surface area contributed by atoms with E-state index in [-0.39, 0.29) is 21.9 Å². The number of piperidine rings is 1. The number of rotatable bonds is 13. The average molecular weight is 672 g/mol. The van der Waals surface area contributed by atoms with Crippen LogP contribution < -0.4 is 19.1 Å². The number of ether oxygens (including phenoxy) is 1. The Kier molecular flexibility index (Phi) is 10.2. The highest BCUT2D eigenvalue weighted by molar-refractivity contribution is 7.93. The van der Waals surface area contributed by atoms with Gasteiger partial charge in [0.25, 0.3) is 0 Å². The molecule has 0 spiro atoms. The quantitative estimate of drug-likeness (QED) is 0.195. The number of hydrogen-bond donors (Lipinski definition) is 4. The number of alkyl halides is 1. The highest BCUT2D eigenvalue weighted by Gasteiger charge is 2.33. The third-order valence-corrected chi connectivity index (χ3v) is 11.5. The molecule has 43 heavy (non-hydrogen) atoms. The Balaban J connectivity index is 1.77. The van der Waals surface area contributed by atoms with E-state index in [2.05, 4.69) is 10.0 Å². The molecule has 2 aromatic carbocycles. The van der Waals surface area contributed by atoms with Crippen molar-refractivity contribution in [3.8, 4) is 16.2 Å². The topological polar surface area (TPSA) is 179 Å². The molecule has 1 aromatic heterocycles. The van der Waals surface area contributed by atoms with Crippen molar-refractivity contribution in [2.24, 2.45) is 0 Å². The third kappa shape index (κ3) is 7.78. The third-order valence-electron chi connectivity index (χ3n) is 6.69. The van der Waals surface area contributed by atoms with E-state index in [9.17, 15) is 31.5 Å². The predicted octanol–water partition coefficient (Wildman–Crippen LogP) is 3.91. The summed E-state index contributed by atoms with van der Waals surface area (Å²) in [6, 6.07) is 12.5. The van der Waals surface area contributed by atoms with Crippen LogP contribution in [0.2, 0.25) is 0 Å². The van der Waals surface area contributed by atoms with Crippen molar-refractivity contribution in [3.63, 3.8) is 0 Å². The molecule has 16 heteroatoms. The van der Waals surface area contributed by atoms with Crippen LogP contribution in [0.5, 0.6) is 5.75 Å². The number of carbonyl (C=O) groups is 2. The lowest BCUT2D eigenvalue weighted by Gasteiger charge is -2.36. The smallest absolute Gasteiger partial charge is 0.349 e. The number of para-hydroxylation sites is 1. The van der Waals surface area contributed by atoms with E-state index in [1.54, 1.807) is 43.3 Å². The molecule has 0 bridgehead atoms. The molecule has 232 valence electrons. The van der Waals surface area contributed by atoms with E-state index in [0.717, 1.165) is 11.3 Å². The molecule has 4 N–H and O–H groups in total. The Hall–Kier alpha value is -3.37. The zero-order valence-corrected chi connectivity index (χ0v) is 26.2. The molecule has 4 rings (SSSR count). The minimum absolute atomic E-state index is 0.0564. The molecule has 2 heterocycles. The van der Waals surface area contributed by atoms with E-state index < -0.39 is 55.6 Å². The van der Waals surface area contributed by atoms with Crippen LogP contribution in [-0.4, -0.2) is 69.9 Å². The van der Waals surface area contributed by atoms with Gasteiger partial charge in [-0.3, -0.25) is 9.03 Å². The predicted molar refractivity (Wildman–Crippen MR) is 165 cm³/mol. The fourth-order valence-corrected chi connectivity index (χ4v) is 8.58. The molecule has 0 amide bonds. The Morgan fingerprint density at radius 1 is 1.09 bits per heavy atom. The van der Waals surface area contributed by atoms with Crippen LogP contribution >= 0.6 is 22.9 Å². The summed E-state index contributed by atoms with van der Waals surface area (Å²) in [6.45, 7) is 2.08. The van der Waals surface area contributed by atoms with E-state index in [1.165, 1.54) is 16.4 Å². The van der Waals surface area contributed by atoms with Crippen LogP contribution in [-0.2, 0) is 30.6 Å². The Bertz CT molecular complexity index is 1720. The lowest BCUT2D eigenvalue weighted by Crippen LogP contribution is -2.46. The summed E-state index contributed by atoms with van der Waals surface area (Å²) >= 11 is 6.45. The van der Waals surface area contributed by atoms with Gasteiger partial charge in [-0.1, -0.05) is 30.3 Å². The van der Waals surface area contributed by atoms with E-state index in [4.69, 9.17) is 21.4 Å². The molecule has 1 fully saturated rings. The summed E-state index contributed by atoms with van der Waals surface area (Å²) in [6.07, 6.45) is 1.05. The monoisotopic (exact) mass is 671 g/mol. The van der Waals surface area contributed by atoms with Crippen LogP contribution in [0.1, 0.15) is 33.6 Å². The molecule has 3 aromatic rings. The molecule has 0 unspecified atom stereocenters. The number of carboxylic acids is 2. The molecule has 1 aliphatic rings. The Morgan fingerprint density at radius 2 is 1.79 bits per heavy atom. The largest absolute Gasteiger partial charge is 0.480 e. The molecule has 0 radical (unpaired) electrons. The molecule has 12 nitrogen and oxygen atoms in total. The summed E-state index contributed by atoms with van der Waals surface area (Å²) in [5.74, 6) is -3.10. The van der Waals surface area contributed by atoms with Gasteiger partial charge in [0.2, 0.25) is 20.0 Å². The van der Waals surface area contributed by atoms with Crippen LogP contribution in [0.25, 0.3) is 10.4 Å². The lowest BCUT2D eigenvalue weighted by atomic mass is 10.0. The van der Waals surface area contributed by atoms with Gasteiger partial charge in [0, 0.05) is 16.5 Å². The molecule has 1 saturated heterocycles. The zero-order chi connectivity index (χ0) is 31.4. The van der Waals surface area contributed by atoms with Crippen molar-refractivity contribution in [2.45, 2.75) is 31.6 Å². The molecular weight excluding hydrogens is 642 g/mol. The maximum atomic E-state index is 14.2. The van der Waals surface area contributed by atoms with E-state index in [0.29, 0.717) is 47.6 Å². The molecule has 0 saturated carbocycles. The summed E-state index contributed by atoms with van der Waals surface area (Å²) in [7, 11) is -7.98. The minimum atomic E-state index is -4.10. The van der Waals surface area contributed by atoms with Crippen LogP contribution in [0, 0.1) is 6.92 Å². The van der Waals surface area contributed by atoms with Gasteiger partial charge < -0.3 is 20.3 Å². The first-order chi connectivity index (χ1) is 20.3. The van der Waals surface area contributed by atoms with Crippen molar-refractivity contribution in [1.82, 2.24) is 5.32 Å². The van der Waals surface area contributed by atoms with Crippen molar-refractivity contribution in [2.75, 3.05) is 33.9 Å². The number of aromatic carboxylic acids is 1. The highest BCUT2D eigenvalue weighted by Crippen LogP contribution is 2.43. The van der Waals surface area contributed by atoms with Gasteiger partial charge in [0.1, 0.15) is 11.0 Å². The second-order valence-electron chi connectivity index (χ2n) is 9.77. The number of hydrogen-bond acceptors (Lipinski definition) is 9. The van der Waals surface area contributed by atoms with Crippen LogP contribution in [0.4, 0.5) is 11.4 Å². The normalized spacial score (nSPS) is 14.3. The molecular formula is C27H30ClN3O9S3. The van der Waals surface area contributed by atoms with Crippen molar-refractivity contribution < 1.29 is 41.4 Å². The van der Waals surface area contributed by atoms with Gasteiger partial charge >= 0.3 is 11.9 Å². The second-order valence-corrected chi connectivity index (χ2v) is 14.9. The van der Waals surface area contributed by atoms with E-state index in [1.807, 2.05) is 0 Å². The molecule has 0 aliphatic carbocycles. The fraction of sp³-hybridized carbons (Fsp3) is 0.333. The van der Waals surface area contributed by atoms with Gasteiger partial charge in [-0.15, -0.1) is 22.9 Å². The number of anilines is 2. The summed E-state index contributed by atoms with van der Waals surface area (Å²) < 4.78 is 61.6. The number of benzene rings is 2. The maximum absolute atomic E-state index is 14.2. The number of nitrogens with zero attached hydrogens (tertiary/aromatic N) is 1. The first-order valence-corrected chi connectivity index (χ1v) is 17.6. The minimum Gasteiger partial charge on any atom is -0.480 e. The summed E-state index contributed by atoms with van der Waals surface area (Å²) in [5, 5.41) is 21.3. The lowest BCUT2D eigenvalue weighted by molar-refractivity contribution is -0.139. The van der Waals surface area contributed by atoms with Gasteiger partial charge in [-0.25, -0.2) is 26.4 Å². The Morgan fingerprint density at radius 3 is 2.44 bits per heavy atom.